The molecule has 0 amide bonds. The van der Waals surface area contributed by atoms with Gasteiger partial charge in [-0.3, -0.25) is 0 Å². The summed E-state index contributed by atoms with van der Waals surface area (Å²) in [5.41, 5.74) is 0. The predicted octanol–water partition coefficient (Wildman–Crippen LogP) is 1.37. The Balaban J connectivity index is 2.68. The average molecular weight is 161 g/mol. The normalized spacial score (nSPS) is 10.3. The molecule has 0 fully saturated rings. The number of nitrogens with two attached hydrogens (primary N) is 1. The Bertz CT molecular complexity index is 37.1. The zero-order chi connectivity index (χ0) is 5.70. The van der Waals surface area contributed by atoms with Crippen molar-refractivity contribution >= 4 is 14.6 Å². The van der Waals surface area contributed by atoms with Crippen LogP contribution in [0, 0.1) is 0 Å². The van der Waals surface area contributed by atoms with E-state index >= 15 is 0 Å². The SMILES string of the molecule is CCC[CH2][Ge]([CH3])[NH2]. The molecule has 43 valence electrons. The first kappa shape index (κ1) is 7.50. The first-order chi connectivity index (χ1) is 3.27. The van der Waals surface area contributed by atoms with Crippen LogP contribution in [0.25, 0.3) is 0 Å². The summed E-state index contributed by atoms with van der Waals surface area (Å²) in [6.45, 7) is 2.21. The van der Waals surface area contributed by atoms with Gasteiger partial charge in [0.1, 0.15) is 0 Å². The Kier molecular flexibility index (Phi) is 4.99. The molecule has 0 aromatic carbocycles. The van der Waals surface area contributed by atoms with Crippen molar-refractivity contribution in [3.63, 3.8) is 0 Å². The van der Waals surface area contributed by atoms with E-state index < -0.39 is 14.6 Å². The van der Waals surface area contributed by atoms with Crippen molar-refractivity contribution in [2.24, 2.45) is 4.69 Å². The van der Waals surface area contributed by atoms with Crippen molar-refractivity contribution in [2.75, 3.05) is 0 Å². The summed E-state index contributed by atoms with van der Waals surface area (Å²) in [5, 5.41) is 1.34. The van der Waals surface area contributed by atoms with Crippen LogP contribution in [0.3, 0.4) is 0 Å². The molecule has 0 aliphatic rings. The van der Waals surface area contributed by atoms with Crippen molar-refractivity contribution in [3.05, 3.63) is 0 Å². The van der Waals surface area contributed by atoms with Crippen LogP contribution in [0.2, 0.25) is 11.0 Å². The second kappa shape index (κ2) is 4.66. The average Bonchev–Trinajstić information content (AvgIpc) is 1.61. The molecular weight excluding hydrogens is 147 g/mol. The summed E-state index contributed by atoms with van der Waals surface area (Å²) >= 11 is -0.906. The second-order valence-corrected chi connectivity index (χ2v) is 6.55. The zero-order valence-corrected chi connectivity index (χ0v) is 7.30. The molecule has 0 rings (SSSR count). The van der Waals surface area contributed by atoms with E-state index in [2.05, 4.69) is 12.7 Å². The molecule has 0 aliphatic heterocycles. The molecule has 0 aromatic heterocycles. The Morgan fingerprint density at radius 1 is 1.57 bits per heavy atom. The van der Waals surface area contributed by atoms with E-state index in [1.54, 1.807) is 0 Å². The molecule has 0 heterocycles. The van der Waals surface area contributed by atoms with Gasteiger partial charge in [0, 0.05) is 0 Å². The van der Waals surface area contributed by atoms with Gasteiger partial charge >= 0.3 is 50.0 Å². The second-order valence-electron chi connectivity index (χ2n) is 1.95. The Morgan fingerprint density at radius 3 is 2.29 bits per heavy atom. The molecule has 1 nitrogen and oxygen atoms in total. The molecular formula is C5H14GeN. The van der Waals surface area contributed by atoms with E-state index in [4.69, 9.17) is 4.69 Å². The Labute approximate surface area is 50.6 Å². The van der Waals surface area contributed by atoms with E-state index in [1.165, 1.54) is 18.1 Å². The van der Waals surface area contributed by atoms with Gasteiger partial charge in [-0.1, -0.05) is 0 Å². The molecule has 0 saturated heterocycles. The fourth-order valence-electron chi connectivity index (χ4n) is 0.456. The molecule has 0 spiro atoms. The number of rotatable bonds is 3. The fourth-order valence-corrected chi connectivity index (χ4v) is 2.37. The van der Waals surface area contributed by atoms with Crippen LogP contribution in [-0.2, 0) is 0 Å². The van der Waals surface area contributed by atoms with Crippen molar-refractivity contribution < 1.29 is 0 Å². The van der Waals surface area contributed by atoms with E-state index in [-0.39, 0.29) is 0 Å². The number of hydrogen-bond donors (Lipinski definition) is 1. The molecule has 7 heavy (non-hydrogen) atoms. The summed E-state index contributed by atoms with van der Waals surface area (Å²) in [4.78, 5) is 0. The summed E-state index contributed by atoms with van der Waals surface area (Å²) < 4.78 is 5.65. The van der Waals surface area contributed by atoms with Gasteiger partial charge < -0.3 is 0 Å². The van der Waals surface area contributed by atoms with Crippen molar-refractivity contribution in [2.45, 2.75) is 30.8 Å². The van der Waals surface area contributed by atoms with E-state index in [1.807, 2.05) is 0 Å². The monoisotopic (exact) mass is 162 g/mol. The summed E-state index contributed by atoms with van der Waals surface area (Å²) in [6.07, 6.45) is 2.66. The topological polar surface area (TPSA) is 26.0 Å². The van der Waals surface area contributed by atoms with Gasteiger partial charge in [-0.15, -0.1) is 0 Å². The third-order valence-corrected chi connectivity index (χ3v) is 3.32. The molecule has 0 aromatic rings. The van der Waals surface area contributed by atoms with Crippen LogP contribution in [0.1, 0.15) is 19.8 Å². The first-order valence-corrected chi connectivity index (χ1v) is 7.64. The molecule has 0 unspecified atom stereocenters. The molecule has 0 saturated carbocycles. The number of unbranched alkanes of at least 4 members (excludes halogenated alkanes) is 1. The zero-order valence-electron chi connectivity index (χ0n) is 5.20. The predicted molar refractivity (Wildman–Crippen MR) is 35.5 cm³/mol. The third-order valence-electron chi connectivity index (χ3n) is 0.925. The van der Waals surface area contributed by atoms with Gasteiger partial charge in [-0.25, -0.2) is 0 Å². The molecule has 2 heteroatoms. The minimum atomic E-state index is -0.906. The van der Waals surface area contributed by atoms with Crippen LogP contribution in [-0.4, -0.2) is 14.6 Å². The molecule has 1 radical (unpaired) electrons. The molecule has 2 N–H and O–H groups in total. The standard InChI is InChI=1S/C5H14GeN/c1-3-4-5-6(2)7/h3-5,7H2,1-2H3. The fraction of sp³-hybridized carbons (Fsp3) is 1.00. The minimum absolute atomic E-state index is 0.906. The molecule has 0 atom stereocenters. The number of hydrogen-bond acceptors (Lipinski definition) is 1. The van der Waals surface area contributed by atoms with Crippen LogP contribution < -0.4 is 4.69 Å². The molecule has 0 aliphatic carbocycles. The van der Waals surface area contributed by atoms with Crippen LogP contribution >= 0.6 is 0 Å². The van der Waals surface area contributed by atoms with Gasteiger partial charge in [-0.05, 0) is 0 Å². The summed E-state index contributed by atoms with van der Waals surface area (Å²) in [5.74, 6) is 2.22. The van der Waals surface area contributed by atoms with E-state index in [0.29, 0.717) is 0 Å². The van der Waals surface area contributed by atoms with Gasteiger partial charge in [0.2, 0.25) is 0 Å². The van der Waals surface area contributed by atoms with Crippen LogP contribution in [0.4, 0.5) is 0 Å². The Hall–Kier alpha value is 0.503. The van der Waals surface area contributed by atoms with Gasteiger partial charge in [0.05, 0.1) is 0 Å². The van der Waals surface area contributed by atoms with Crippen molar-refractivity contribution in [3.8, 4) is 0 Å². The third kappa shape index (κ3) is 6.50. The van der Waals surface area contributed by atoms with Crippen molar-refractivity contribution in [1.82, 2.24) is 0 Å². The molecule has 0 bridgehead atoms. The van der Waals surface area contributed by atoms with Gasteiger partial charge in [0.15, 0.2) is 0 Å². The van der Waals surface area contributed by atoms with Crippen molar-refractivity contribution in [1.29, 1.82) is 0 Å². The van der Waals surface area contributed by atoms with Crippen LogP contribution in [0.15, 0.2) is 0 Å². The van der Waals surface area contributed by atoms with E-state index in [9.17, 15) is 0 Å². The van der Waals surface area contributed by atoms with E-state index in [0.717, 1.165) is 0 Å². The van der Waals surface area contributed by atoms with Crippen LogP contribution in [0.5, 0.6) is 0 Å². The maximum absolute atomic E-state index is 5.65. The quantitative estimate of drug-likeness (QED) is 0.621. The Morgan fingerprint density at radius 2 is 2.14 bits per heavy atom. The van der Waals surface area contributed by atoms with Gasteiger partial charge in [0.25, 0.3) is 0 Å². The maximum atomic E-state index is 5.65. The summed E-state index contributed by atoms with van der Waals surface area (Å²) in [6, 6.07) is 0. The first-order valence-electron chi connectivity index (χ1n) is 2.85. The van der Waals surface area contributed by atoms with Gasteiger partial charge in [-0.2, -0.15) is 0 Å². The summed E-state index contributed by atoms with van der Waals surface area (Å²) in [7, 11) is 0.